The lowest BCUT2D eigenvalue weighted by Gasteiger charge is -2.15. The molecule has 1 heterocycles. The molecule has 0 spiro atoms. The van der Waals surface area contributed by atoms with Gasteiger partial charge in [-0.1, -0.05) is 36.4 Å². The first-order valence-corrected chi connectivity index (χ1v) is 12.6. The van der Waals surface area contributed by atoms with Crippen molar-refractivity contribution in [2.24, 2.45) is 11.4 Å². The van der Waals surface area contributed by atoms with Gasteiger partial charge < -0.3 is 5.32 Å². The summed E-state index contributed by atoms with van der Waals surface area (Å²) >= 11 is 0. The van der Waals surface area contributed by atoms with Crippen molar-refractivity contribution in [3.05, 3.63) is 76.5 Å². The second-order valence-electron chi connectivity index (χ2n) is 8.42. The van der Waals surface area contributed by atoms with E-state index in [2.05, 4.69) is 25.6 Å². The zero-order chi connectivity index (χ0) is 22.1. The summed E-state index contributed by atoms with van der Waals surface area (Å²) in [6.07, 6.45) is 7.91. The van der Waals surface area contributed by atoms with Gasteiger partial charge in [-0.3, -0.25) is 4.68 Å². The first kappa shape index (κ1) is 20.9. The Balaban J connectivity index is 1.48. The van der Waals surface area contributed by atoms with Gasteiger partial charge in [0.15, 0.2) is 14.9 Å². The maximum Gasteiger partial charge on any atom is 0.354 e. The Morgan fingerprint density at radius 1 is 1.06 bits per heavy atom. The molecule has 0 saturated heterocycles. The number of carbonyl (C=O) groups excluding carboxylic acids is 1. The number of hydrogen-bond donors (Lipinski definition) is 2. The van der Waals surface area contributed by atoms with Crippen molar-refractivity contribution < 1.29 is 9.00 Å². The Morgan fingerprint density at radius 2 is 1.75 bits per heavy atom. The van der Waals surface area contributed by atoms with Crippen molar-refractivity contribution in [2.75, 3.05) is 5.32 Å². The first-order chi connectivity index (χ1) is 15.5. The number of urea groups is 1. The standard InChI is InChI=1S/C24H27N5O2S/c1-29-14-13-22(27-29)32(31,25-16-17-7-3-2-4-8-17)28-24(30)26-23-20-11-5-9-18(20)15-19-10-6-12-21(19)23/h2-4,7-8,13-15H,5-6,9-12,16H2,1H3,(H2,25,26,28,30,31). The third-order valence-corrected chi connectivity index (χ3v) is 7.95. The van der Waals surface area contributed by atoms with E-state index in [1.54, 1.807) is 24.0 Å². The van der Waals surface area contributed by atoms with E-state index in [1.165, 1.54) is 22.3 Å². The van der Waals surface area contributed by atoms with Crippen molar-refractivity contribution in [3.63, 3.8) is 0 Å². The Morgan fingerprint density at radius 3 is 2.38 bits per heavy atom. The summed E-state index contributed by atoms with van der Waals surface area (Å²) in [5.41, 5.74) is 6.94. The maximum atomic E-state index is 13.8. The highest BCUT2D eigenvalue weighted by Gasteiger charge is 2.26. The lowest BCUT2D eigenvalue weighted by Crippen LogP contribution is -2.26. The predicted molar refractivity (Wildman–Crippen MR) is 125 cm³/mol. The molecule has 1 atom stereocenters. The molecule has 1 unspecified atom stereocenters. The van der Waals surface area contributed by atoms with Gasteiger partial charge in [0.25, 0.3) is 0 Å². The van der Waals surface area contributed by atoms with Crippen LogP contribution in [0.15, 0.2) is 58.1 Å². The lowest BCUT2D eigenvalue weighted by molar-refractivity contribution is 0.260. The molecule has 3 aromatic rings. The SMILES string of the molecule is Cn1ccc(S(=O)(=NC(=O)Nc2c3c(cc4c2CCC4)CCC3)NCc2ccccc2)n1. The molecule has 166 valence electrons. The van der Waals surface area contributed by atoms with Crippen LogP contribution in [0.1, 0.15) is 40.7 Å². The summed E-state index contributed by atoms with van der Waals surface area (Å²) in [6.45, 7) is 0.309. The van der Waals surface area contributed by atoms with E-state index in [0.717, 1.165) is 49.8 Å². The molecule has 1 aromatic heterocycles. The van der Waals surface area contributed by atoms with Crippen molar-refractivity contribution in [2.45, 2.75) is 50.1 Å². The normalized spacial score (nSPS) is 16.3. The number of amides is 2. The number of hydrogen-bond acceptors (Lipinski definition) is 3. The summed E-state index contributed by atoms with van der Waals surface area (Å²) in [5.74, 6) is 0. The summed E-state index contributed by atoms with van der Waals surface area (Å²) in [4.78, 5) is 13.1. The van der Waals surface area contributed by atoms with Crippen LogP contribution in [0, 0.1) is 0 Å². The molecule has 2 aliphatic carbocycles. The van der Waals surface area contributed by atoms with Crippen LogP contribution in [0.3, 0.4) is 0 Å². The van der Waals surface area contributed by atoms with Crippen LogP contribution in [0.25, 0.3) is 0 Å². The maximum absolute atomic E-state index is 13.8. The predicted octanol–water partition coefficient (Wildman–Crippen LogP) is 4.16. The molecule has 5 rings (SSSR count). The van der Waals surface area contributed by atoms with Gasteiger partial charge >= 0.3 is 6.03 Å². The van der Waals surface area contributed by atoms with Crippen molar-refractivity contribution in [1.82, 2.24) is 14.5 Å². The van der Waals surface area contributed by atoms with E-state index in [0.29, 0.717) is 6.54 Å². The van der Waals surface area contributed by atoms with Gasteiger partial charge in [0, 0.05) is 25.5 Å². The first-order valence-electron chi connectivity index (χ1n) is 11.0. The number of aryl methyl sites for hydroxylation is 3. The largest absolute Gasteiger partial charge is 0.354 e. The van der Waals surface area contributed by atoms with Crippen LogP contribution in [-0.2, 0) is 49.2 Å². The molecule has 0 radical (unpaired) electrons. The van der Waals surface area contributed by atoms with Gasteiger partial charge in [-0.25, -0.2) is 13.7 Å². The van der Waals surface area contributed by atoms with E-state index in [1.807, 2.05) is 30.3 Å². The van der Waals surface area contributed by atoms with Gasteiger partial charge in [-0.05, 0) is 72.4 Å². The average Bonchev–Trinajstić information content (AvgIpc) is 3.53. The van der Waals surface area contributed by atoms with Gasteiger partial charge in [-0.15, -0.1) is 4.36 Å². The van der Waals surface area contributed by atoms with E-state index >= 15 is 0 Å². The molecule has 0 aliphatic heterocycles. The Labute approximate surface area is 188 Å². The van der Waals surface area contributed by atoms with Crippen LogP contribution in [-0.4, -0.2) is 20.0 Å². The minimum absolute atomic E-state index is 0.245. The summed E-state index contributed by atoms with van der Waals surface area (Å²) < 4.78 is 22.5. The van der Waals surface area contributed by atoms with Crippen LogP contribution in [0.5, 0.6) is 0 Å². The van der Waals surface area contributed by atoms with E-state index in [4.69, 9.17) is 0 Å². The molecule has 0 fully saturated rings. The molecule has 7 nitrogen and oxygen atoms in total. The second kappa shape index (κ2) is 8.52. The number of nitrogens with one attached hydrogen (secondary N) is 2. The molecule has 32 heavy (non-hydrogen) atoms. The second-order valence-corrected chi connectivity index (χ2v) is 10.4. The monoisotopic (exact) mass is 449 g/mol. The number of carbonyl (C=O) groups is 1. The number of fused-ring (bicyclic) bond motifs is 2. The summed E-state index contributed by atoms with van der Waals surface area (Å²) in [7, 11) is -1.51. The minimum Gasteiger partial charge on any atom is -0.305 e. The highest BCUT2D eigenvalue weighted by Crippen LogP contribution is 2.38. The number of aromatic nitrogens is 2. The van der Waals surface area contributed by atoms with Crippen LogP contribution in [0.4, 0.5) is 10.5 Å². The minimum atomic E-state index is -3.26. The van der Waals surface area contributed by atoms with Crippen molar-refractivity contribution in [1.29, 1.82) is 0 Å². The molecule has 8 heteroatoms. The zero-order valence-corrected chi connectivity index (χ0v) is 19.0. The molecule has 2 N–H and O–H groups in total. The average molecular weight is 450 g/mol. The van der Waals surface area contributed by atoms with Crippen LogP contribution >= 0.6 is 0 Å². The number of anilines is 1. The fourth-order valence-corrected chi connectivity index (χ4v) is 6.12. The van der Waals surface area contributed by atoms with Crippen molar-refractivity contribution >= 4 is 21.6 Å². The molecular formula is C24H27N5O2S. The fourth-order valence-electron chi connectivity index (χ4n) is 4.68. The lowest BCUT2D eigenvalue weighted by atomic mass is 9.99. The summed E-state index contributed by atoms with van der Waals surface area (Å²) in [6, 6.07) is 13.0. The van der Waals surface area contributed by atoms with Gasteiger partial charge in [0.05, 0.1) is 0 Å². The molecular weight excluding hydrogens is 422 g/mol. The molecule has 2 aromatic carbocycles. The molecule has 2 amide bonds. The molecule has 2 aliphatic rings. The van der Waals surface area contributed by atoms with Crippen LogP contribution < -0.4 is 10.0 Å². The smallest absolute Gasteiger partial charge is 0.305 e. The van der Waals surface area contributed by atoms with E-state index in [-0.39, 0.29) is 5.03 Å². The number of nitrogens with zero attached hydrogens (tertiary/aromatic N) is 3. The highest BCUT2D eigenvalue weighted by atomic mass is 32.2. The van der Waals surface area contributed by atoms with Gasteiger partial charge in [0.2, 0.25) is 0 Å². The quantitative estimate of drug-likeness (QED) is 0.613. The van der Waals surface area contributed by atoms with Crippen molar-refractivity contribution in [3.8, 4) is 0 Å². The highest BCUT2D eigenvalue weighted by molar-refractivity contribution is 7.92. The Bertz CT molecular complexity index is 1260. The van der Waals surface area contributed by atoms with Crippen LogP contribution in [0.2, 0.25) is 0 Å². The Kier molecular flexibility index (Phi) is 5.57. The third kappa shape index (κ3) is 4.08. The van der Waals surface area contributed by atoms with E-state index in [9.17, 15) is 9.00 Å². The van der Waals surface area contributed by atoms with E-state index < -0.39 is 15.9 Å². The van der Waals surface area contributed by atoms with Gasteiger partial charge in [0.1, 0.15) is 0 Å². The number of benzene rings is 2. The fraction of sp³-hybridized carbons (Fsp3) is 0.333. The zero-order valence-electron chi connectivity index (χ0n) is 18.1. The number of rotatable bonds is 5. The Hall–Kier alpha value is -2.97. The molecule has 0 saturated carbocycles. The summed E-state index contributed by atoms with van der Waals surface area (Å²) in [5, 5.41) is 7.53. The van der Waals surface area contributed by atoms with Gasteiger partial charge in [-0.2, -0.15) is 5.10 Å². The third-order valence-electron chi connectivity index (χ3n) is 6.20. The molecule has 0 bridgehead atoms. The topological polar surface area (TPSA) is 88.4 Å².